The zero-order valence-corrected chi connectivity index (χ0v) is 20.2. The molecule has 0 unspecified atom stereocenters. The van der Waals surface area contributed by atoms with E-state index in [1.807, 2.05) is 89.7 Å². The van der Waals surface area contributed by atoms with Crippen molar-refractivity contribution in [1.29, 1.82) is 0 Å². The third-order valence-corrected chi connectivity index (χ3v) is 7.52. The standard InChI is InChI=1S/C30H29N3O3/c34-27-19-30(18-22-9-3-1-4-10-22,29(35)32(27)21-23-11-5-2-6-12-23)25-14-15-26-24(17-25)20-31-33(26)28-13-7-8-16-36-28/h1-6,9-12,14-15,17,20,28H,7-8,13,16,18-19,21H2/t28-,30+/m1/s1. The molecule has 182 valence electrons. The number of carbonyl (C=O) groups excluding carboxylic acids is 2. The van der Waals surface area contributed by atoms with Gasteiger partial charge in [-0.15, -0.1) is 0 Å². The summed E-state index contributed by atoms with van der Waals surface area (Å²) in [5, 5.41) is 5.58. The van der Waals surface area contributed by atoms with Crippen molar-refractivity contribution in [3.8, 4) is 0 Å². The summed E-state index contributed by atoms with van der Waals surface area (Å²) >= 11 is 0. The molecule has 6 heteroatoms. The molecular weight excluding hydrogens is 450 g/mol. The number of imide groups is 1. The summed E-state index contributed by atoms with van der Waals surface area (Å²) in [5.74, 6) is -0.270. The van der Waals surface area contributed by atoms with Gasteiger partial charge in [-0.05, 0) is 54.5 Å². The number of fused-ring (bicyclic) bond motifs is 1. The normalized spacial score (nSPS) is 22.4. The van der Waals surface area contributed by atoms with Crippen LogP contribution in [0.15, 0.2) is 85.1 Å². The van der Waals surface area contributed by atoms with Gasteiger partial charge in [-0.2, -0.15) is 5.10 Å². The monoisotopic (exact) mass is 479 g/mol. The number of ether oxygens (including phenoxy) is 1. The van der Waals surface area contributed by atoms with Crippen molar-refractivity contribution in [2.24, 2.45) is 0 Å². The molecule has 2 fully saturated rings. The Kier molecular flexibility index (Phi) is 5.89. The fraction of sp³-hybridized carbons (Fsp3) is 0.300. The van der Waals surface area contributed by atoms with E-state index in [0.29, 0.717) is 6.42 Å². The van der Waals surface area contributed by atoms with Gasteiger partial charge in [0.25, 0.3) is 0 Å². The van der Waals surface area contributed by atoms with Crippen LogP contribution >= 0.6 is 0 Å². The minimum absolute atomic E-state index is 0.0589. The van der Waals surface area contributed by atoms with Crippen molar-refractivity contribution in [3.63, 3.8) is 0 Å². The van der Waals surface area contributed by atoms with Crippen molar-refractivity contribution in [2.75, 3.05) is 6.61 Å². The summed E-state index contributed by atoms with van der Waals surface area (Å²) in [7, 11) is 0. The molecule has 1 aromatic heterocycles. The number of rotatable bonds is 6. The molecule has 6 rings (SSSR count). The molecule has 6 nitrogen and oxygen atoms in total. The van der Waals surface area contributed by atoms with E-state index in [1.165, 1.54) is 4.90 Å². The van der Waals surface area contributed by atoms with Gasteiger partial charge < -0.3 is 4.74 Å². The molecule has 0 radical (unpaired) electrons. The number of carbonyl (C=O) groups is 2. The van der Waals surface area contributed by atoms with Gasteiger partial charge in [0.05, 0.1) is 23.7 Å². The summed E-state index contributed by atoms with van der Waals surface area (Å²) in [6.07, 6.45) is 5.55. The Morgan fingerprint density at radius 2 is 1.67 bits per heavy atom. The highest BCUT2D eigenvalue weighted by Crippen LogP contribution is 2.41. The van der Waals surface area contributed by atoms with Gasteiger partial charge in [-0.1, -0.05) is 66.7 Å². The van der Waals surface area contributed by atoms with Crippen LogP contribution in [0.1, 0.15) is 48.6 Å². The second kappa shape index (κ2) is 9.36. The lowest BCUT2D eigenvalue weighted by molar-refractivity contribution is -0.140. The first-order chi connectivity index (χ1) is 17.6. The highest BCUT2D eigenvalue weighted by molar-refractivity contribution is 6.09. The van der Waals surface area contributed by atoms with E-state index in [-0.39, 0.29) is 31.0 Å². The van der Waals surface area contributed by atoms with Crippen molar-refractivity contribution in [3.05, 3.63) is 102 Å². The van der Waals surface area contributed by atoms with E-state index < -0.39 is 5.41 Å². The summed E-state index contributed by atoms with van der Waals surface area (Å²) in [5.41, 5.74) is 2.87. The zero-order valence-electron chi connectivity index (χ0n) is 20.2. The first-order valence-corrected chi connectivity index (χ1v) is 12.7. The molecule has 3 aromatic carbocycles. The van der Waals surface area contributed by atoms with E-state index in [2.05, 4.69) is 5.10 Å². The van der Waals surface area contributed by atoms with Crippen LogP contribution < -0.4 is 0 Å². The molecule has 2 atom stereocenters. The Morgan fingerprint density at radius 3 is 2.39 bits per heavy atom. The Bertz CT molecular complexity index is 1390. The lowest BCUT2D eigenvalue weighted by Gasteiger charge is -2.28. The molecule has 2 aliphatic rings. The highest BCUT2D eigenvalue weighted by atomic mass is 16.5. The molecular formula is C30H29N3O3. The van der Waals surface area contributed by atoms with Crippen LogP contribution in [0.3, 0.4) is 0 Å². The van der Waals surface area contributed by atoms with E-state index in [0.717, 1.165) is 53.5 Å². The van der Waals surface area contributed by atoms with Gasteiger partial charge in [0.15, 0.2) is 6.23 Å². The van der Waals surface area contributed by atoms with Crippen molar-refractivity contribution in [1.82, 2.24) is 14.7 Å². The van der Waals surface area contributed by atoms with E-state index >= 15 is 0 Å². The number of hydrogen-bond donors (Lipinski definition) is 0. The fourth-order valence-corrected chi connectivity index (χ4v) is 5.63. The molecule has 0 spiro atoms. The Labute approximate surface area is 210 Å². The Hall–Kier alpha value is -3.77. The topological polar surface area (TPSA) is 64.4 Å². The van der Waals surface area contributed by atoms with Crippen LogP contribution in [0, 0.1) is 0 Å². The van der Waals surface area contributed by atoms with Crippen molar-refractivity contribution < 1.29 is 14.3 Å². The molecule has 2 saturated heterocycles. The second-order valence-electron chi connectivity index (χ2n) is 9.88. The number of aromatic nitrogens is 2. The largest absolute Gasteiger partial charge is 0.356 e. The molecule has 0 aliphatic carbocycles. The minimum atomic E-state index is -0.954. The predicted octanol–water partition coefficient (Wildman–Crippen LogP) is 5.18. The van der Waals surface area contributed by atoms with Crippen LogP contribution in [0.2, 0.25) is 0 Å². The van der Waals surface area contributed by atoms with Gasteiger partial charge in [-0.3, -0.25) is 14.5 Å². The third-order valence-electron chi connectivity index (χ3n) is 7.52. The first kappa shape index (κ1) is 22.7. The van der Waals surface area contributed by atoms with Crippen molar-refractivity contribution in [2.45, 2.75) is 50.3 Å². The average molecular weight is 480 g/mol. The van der Waals surface area contributed by atoms with E-state index in [9.17, 15) is 9.59 Å². The smallest absolute Gasteiger partial charge is 0.241 e. The number of hydrogen-bond acceptors (Lipinski definition) is 4. The van der Waals surface area contributed by atoms with E-state index in [4.69, 9.17) is 4.74 Å². The summed E-state index contributed by atoms with van der Waals surface area (Å²) in [6.45, 7) is 1.03. The molecule has 36 heavy (non-hydrogen) atoms. The van der Waals surface area contributed by atoms with Gasteiger partial charge >= 0.3 is 0 Å². The number of likely N-dealkylation sites (tertiary alicyclic amines) is 1. The van der Waals surface area contributed by atoms with Crippen LogP contribution in [0.5, 0.6) is 0 Å². The minimum Gasteiger partial charge on any atom is -0.356 e. The Morgan fingerprint density at radius 1 is 0.917 bits per heavy atom. The number of amides is 2. The molecule has 2 aliphatic heterocycles. The number of nitrogens with zero attached hydrogens (tertiary/aromatic N) is 3. The SMILES string of the molecule is O=C1C[C@@](Cc2ccccc2)(c2ccc3c(cnn3[C@H]3CCCCO3)c2)C(=O)N1Cc1ccccc1. The summed E-state index contributed by atoms with van der Waals surface area (Å²) in [6, 6.07) is 25.7. The molecule has 3 heterocycles. The summed E-state index contributed by atoms with van der Waals surface area (Å²) < 4.78 is 7.91. The predicted molar refractivity (Wildman–Crippen MR) is 137 cm³/mol. The van der Waals surface area contributed by atoms with E-state index in [1.54, 1.807) is 0 Å². The highest BCUT2D eigenvalue weighted by Gasteiger charge is 2.52. The van der Waals surface area contributed by atoms with Gasteiger partial charge in [0.2, 0.25) is 11.8 Å². The van der Waals surface area contributed by atoms with Gasteiger partial charge in [0.1, 0.15) is 0 Å². The lowest BCUT2D eigenvalue weighted by atomic mass is 9.74. The maximum absolute atomic E-state index is 14.1. The van der Waals surface area contributed by atoms with Crippen LogP contribution in [0.25, 0.3) is 10.9 Å². The fourth-order valence-electron chi connectivity index (χ4n) is 5.63. The molecule has 2 amide bonds. The molecule has 0 bridgehead atoms. The summed E-state index contributed by atoms with van der Waals surface area (Å²) in [4.78, 5) is 28.8. The molecule has 4 aromatic rings. The molecule has 0 N–H and O–H groups in total. The average Bonchev–Trinajstić information content (AvgIpc) is 3.45. The Balaban J connectivity index is 1.40. The van der Waals surface area contributed by atoms with Gasteiger partial charge in [0, 0.05) is 18.4 Å². The van der Waals surface area contributed by atoms with Gasteiger partial charge in [-0.25, -0.2) is 4.68 Å². The van der Waals surface area contributed by atoms with Crippen LogP contribution in [-0.4, -0.2) is 33.1 Å². The lowest BCUT2D eigenvalue weighted by Crippen LogP contribution is -2.40. The first-order valence-electron chi connectivity index (χ1n) is 12.7. The quantitative estimate of drug-likeness (QED) is 0.358. The second-order valence-corrected chi connectivity index (χ2v) is 9.88. The van der Waals surface area contributed by atoms with Crippen LogP contribution in [0.4, 0.5) is 0 Å². The molecule has 0 saturated carbocycles. The zero-order chi connectivity index (χ0) is 24.5. The maximum atomic E-state index is 14.1. The number of benzene rings is 3. The van der Waals surface area contributed by atoms with Crippen molar-refractivity contribution >= 4 is 22.7 Å². The maximum Gasteiger partial charge on any atom is 0.241 e. The van der Waals surface area contributed by atoms with Crippen LogP contribution in [-0.2, 0) is 32.7 Å². The third kappa shape index (κ3) is 4.01.